The van der Waals surface area contributed by atoms with Gasteiger partial charge >= 0.3 is 11.9 Å². The predicted molar refractivity (Wildman–Crippen MR) is 104 cm³/mol. The molecule has 138 valence electrons. The van der Waals surface area contributed by atoms with Crippen molar-refractivity contribution in [2.45, 2.75) is 19.3 Å². The van der Waals surface area contributed by atoms with E-state index >= 15 is 0 Å². The van der Waals surface area contributed by atoms with Gasteiger partial charge in [-0.3, -0.25) is 4.79 Å². The number of carbonyl (C=O) groups is 2. The van der Waals surface area contributed by atoms with Crippen molar-refractivity contribution in [1.29, 1.82) is 0 Å². The Morgan fingerprint density at radius 3 is 2.33 bits per heavy atom. The molecule has 0 saturated carbocycles. The molecule has 0 aliphatic heterocycles. The molecule has 1 atom stereocenters. The zero-order valence-electron chi connectivity index (χ0n) is 15.5. The van der Waals surface area contributed by atoms with Crippen molar-refractivity contribution in [3.63, 3.8) is 0 Å². The van der Waals surface area contributed by atoms with Crippen LogP contribution in [0.25, 0.3) is 0 Å². The average molecular weight is 362 g/mol. The van der Waals surface area contributed by atoms with Crippen molar-refractivity contribution in [2.75, 3.05) is 13.2 Å². The molecule has 0 spiro atoms. The Bertz CT molecular complexity index is 881. The Morgan fingerprint density at radius 1 is 0.889 bits per heavy atom. The topological polar surface area (TPSA) is 52.6 Å². The molecule has 0 heterocycles. The van der Waals surface area contributed by atoms with Gasteiger partial charge in [0.15, 0.2) is 0 Å². The van der Waals surface area contributed by atoms with Crippen molar-refractivity contribution in [3.05, 3.63) is 95.1 Å². The maximum Gasteiger partial charge on any atom is 0.338 e. The average Bonchev–Trinajstić information content (AvgIpc) is 2.93. The number of hydrogen-bond acceptors (Lipinski definition) is 4. The number of ether oxygens (including phenoxy) is 2. The Balaban J connectivity index is 2.05. The van der Waals surface area contributed by atoms with Gasteiger partial charge in [0.25, 0.3) is 0 Å². The van der Waals surface area contributed by atoms with E-state index in [-0.39, 0.29) is 11.9 Å². The summed E-state index contributed by atoms with van der Waals surface area (Å²) in [6, 6.07) is 6.91. The Morgan fingerprint density at radius 2 is 1.63 bits per heavy atom. The highest BCUT2D eigenvalue weighted by Crippen LogP contribution is 2.37. The van der Waals surface area contributed by atoms with Crippen LogP contribution in [0.5, 0.6) is 0 Å². The molecule has 0 fully saturated rings. The third-order valence-corrected chi connectivity index (χ3v) is 4.50. The van der Waals surface area contributed by atoms with Gasteiger partial charge in [-0.2, -0.15) is 0 Å². The Kier molecular flexibility index (Phi) is 5.55. The third-order valence-electron chi connectivity index (χ3n) is 4.50. The van der Waals surface area contributed by atoms with E-state index in [0.29, 0.717) is 18.8 Å². The van der Waals surface area contributed by atoms with Gasteiger partial charge in [-0.1, -0.05) is 60.7 Å². The lowest BCUT2D eigenvalue weighted by Gasteiger charge is -2.30. The summed E-state index contributed by atoms with van der Waals surface area (Å²) in [5, 5.41) is 0. The van der Waals surface area contributed by atoms with Gasteiger partial charge in [0.1, 0.15) is 5.41 Å². The number of esters is 2. The quantitative estimate of drug-likeness (QED) is 0.736. The summed E-state index contributed by atoms with van der Waals surface area (Å²) >= 11 is 0. The molecule has 3 rings (SSSR count). The molecule has 2 aliphatic rings. The van der Waals surface area contributed by atoms with E-state index < -0.39 is 5.41 Å². The normalized spacial score (nSPS) is 20.2. The standard InChI is InChI=1S/C23H22O4/c1-3-26-21(24)18-10-12-20(13-11-18)23(22(25)27-4-2)15-14-17-8-6-5-7-9-19(17)16-23/h5-16H,3-4H2,1-2H3. The van der Waals surface area contributed by atoms with Crippen molar-refractivity contribution in [2.24, 2.45) is 0 Å². The van der Waals surface area contributed by atoms with Crippen LogP contribution in [0.1, 0.15) is 29.8 Å². The summed E-state index contributed by atoms with van der Waals surface area (Å²) in [6.07, 6.45) is 15.5. The molecule has 2 aliphatic carbocycles. The third kappa shape index (κ3) is 3.70. The molecule has 0 amide bonds. The molecule has 1 unspecified atom stereocenters. The second-order valence-electron chi connectivity index (χ2n) is 6.19. The second kappa shape index (κ2) is 8.04. The first kappa shape index (κ1) is 18.6. The van der Waals surface area contributed by atoms with Gasteiger partial charge in [0.2, 0.25) is 0 Å². The van der Waals surface area contributed by atoms with E-state index in [1.807, 2.05) is 48.6 Å². The summed E-state index contributed by atoms with van der Waals surface area (Å²) in [4.78, 5) is 24.8. The number of hydrogen-bond donors (Lipinski definition) is 0. The van der Waals surface area contributed by atoms with Gasteiger partial charge in [0, 0.05) is 0 Å². The first-order chi connectivity index (χ1) is 13.1. The van der Waals surface area contributed by atoms with Crippen LogP contribution in [0.3, 0.4) is 0 Å². The lowest BCUT2D eigenvalue weighted by Crippen LogP contribution is -2.35. The number of allylic oxidation sites excluding steroid dienone is 8. The van der Waals surface area contributed by atoms with E-state index in [2.05, 4.69) is 0 Å². The summed E-state index contributed by atoms with van der Waals surface area (Å²) in [7, 11) is 0. The largest absolute Gasteiger partial charge is 0.465 e. The van der Waals surface area contributed by atoms with Gasteiger partial charge in [-0.25, -0.2) is 4.79 Å². The number of benzene rings is 1. The minimum atomic E-state index is -1.04. The van der Waals surface area contributed by atoms with Crippen LogP contribution in [-0.2, 0) is 19.7 Å². The predicted octanol–water partition coefficient (Wildman–Crippen LogP) is 4.21. The summed E-state index contributed by atoms with van der Waals surface area (Å²) in [5.41, 5.74) is 2.13. The number of fused-ring (bicyclic) bond motifs is 1. The second-order valence-corrected chi connectivity index (χ2v) is 6.19. The minimum absolute atomic E-state index is 0.290. The van der Waals surface area contributed by atoms with Crippen molar-refractivity contribution < 1.29 is 19.1 Å². The fraction of sp³-hybridized carbons (Fsp3) is 0.217. The highest BCUT2D eigenvalue weighted by molar-refractivity contribution is 5.92. The fourth-order valence-corrected chi connectivity index (χ4v) is 3.14. The maximum atomic E-state index is 12.9. The van der Waals surface area contributed by atoms with E-state index in [1.54, 1.807) is 38.1 Å². The summed E-state index contributed by atoms with van der Waals surface area (Å²) in [5.74, 6) is -0.725. The fourth-order valence-electron chi connectivity index (χ4n) is 3.14. The molecule has 4 nitrogen and oxygen atoms in total. The number of rotatable bonds is 5. The molecule has 1 aromatic carbocycles. The van der Waals surface area contributed by atoms with E-state index in [4.69, 9.17) is 9.47 Å². The molecule has 0 saturated heterocycles. The van der Waals surface area contributed by atoms with Crippen LogP contribution in [0.15, 0.2) is 84.0 Å². The number of carbonyl (C=O) groups excluding carboxylic acids is 2. The highest BCUT2D eigenvalue weighted by Gasteiger charge is 2.39. The first-order valence-electron chi connectivity index (χ1n) is 9.03. The smallest absolute Gasteiger partial charge is 0.338 e. The van der Waals surface area contributed by atoms with Crippen LogP contribution in [0.4, 0.5) is 0 Å². The molecule has 1 aromatic rings. The van der Waals surface area contributed by atoms with Crippen molar-refractivity contribution in [1.82, 2.24) is 0 Å². The minimum Gasteiger partial charge on any atom is -0.465 e. The van der Waals surface area contributed by atoms with Crippen LogP contribution >= 0.6 is 0 Å². The zero-order valence-corrected chi connectivity index (χ0v) is 15.5. The molecule has 27 heavy (non-hydrogen) atoms. The lowest BCUT2D eigenvalue weighted by molar-refractivity contribution is -0.146. The van der Waals surface area contributed by atoms with Gasteiger partial charge < -0.3 is 9.47 Å². The molecular formula is C23H22O4. The lowest BCUT2D eigenvalue weighted by atomic mass is 9.74. The molecule has 4 heteroatoms. The van der Waals surface area contributed by atoms with E-state index in [1.165, 1.54) is 0 Å². The Hall–Kier alpha value is -3.14. The molecule has 0 radical (unpaired) electrons. The van der Waals surface area contributed by atoms with Crippen LogP contribution in [0, 0.1) is 0 Å². The van der Waals surface area contributed by atoms with Crippen LogP contribution in [-0.4, -0.2) is 25.2 Å². The molecule has 0 bridgehead atoms. The van der Waals surface area contributed by atoms with Gasteiger partial charge in [-0.05, 0) is 42.7 Å². The SMILES string of the molecule is CCOC(=O)c1ccc(C2(C(=O)OCC)C=CC3=CC=CC=CC3=C2)cc1. The van der Waals surface area contributed by atoms with Crippen LogP contribution in [0.2, 0.25) is 0 Å². The first-order valence-corrected chi connectivity index (χ1v) is 9.03. The Labute approximate surface area is 159 Å². The van der Waals surface area contributed by atoms with E-state index in [9.17, 15) is 9.59 Å². The molecule has 0 N–H and O–H groups in total. The van der Waals surface area contributed by atoms with Crippen molar-refractivity contribution >= 4 is 11.9 Å². The highest BCUT2D eigenvalue weighted by atomic mass is 16.5. The summed E-state index contributed by atoms with van der Waals surface area (Å²) in [6.45, 7) is 4.16. The van der Waals surface area contributed by atoms with Gasteiger partial charge in [-0.15, -0.1) is 0 Å². The van der Waals surface area contributed by atoms with E-state index in [0.717, 1.165) is 16.7 Å². The van der Waals surface area contributed by atoms with Gasteiger partial charge in [0.05, 0.1) is 18.8 Å². The molecular weight excluding hydrogens is 340 g/mol. The van der Waals surface area contributed by atoms with Crippen LogP contribution < -0.4 is 0 Å². The van der Waals surface area contributed by atoms with Crippen molar-refractivity contribution in [3.8, 4) is 0 Å². The maximum absolute atomic E-state index is 12.9. The monoisotopic (exact) mass is 362 g/mol. The molecule has 0 aromatic heterocycles. The zero-order chi connectivity index (χ0) is 19.3. The summed E-state index contributed by atoms with van der Waals surface area (Å²) < 4.78 is 10.4.